The van der Waals surface area contributed by atoms with Crippen molar-refractivity contribution < 1.29 is 0 Å². The minimum Gasteiger partial charge on any atom is -0.324 e. The lowest BCUT2D eigenvalue weighted by Crippen LogP contribution is -2.19. The minimum atomic E-state index is 0.253. The van der Waals surface area contributed by atoms with Crippen LogP contribution in [0.1, 0.15) is 62.6 Å². The molecule has 2 N–H and O–H groups in total. The molecule has 1 saturated carbocycles. The van der Waals surface area contributed by atoms with Gasteiger partial charge in [-0.1, -0.05) is 51.0 Å². The molecule has 0 bridgehead atoms. The lowest BCUT2D eigenvalue weighted by molar-refractivity contribution is 0.445. The standard InChI is InChI=1S/C15H23N/c1-11(2)12-7-9-14(10-8-12)15(16)13-5-3-4-6-13/h7-11,13,15H,3-6,16H2,1-2H3. The minimum absolute atomic E-state index is 0.253. The van der Waals surface area contributed by atoms with Gasteiger partial charge in [0.2, 0.25) is 0 Å². The van der Waals surface area contributed by atoms with Gasteiger partial charge in [0.15, 0.2) is 0 Å². The maximum absolute atomic E-state index is 6.33. The molecule has 16 heavy (non-hydrogen) atoms. The van der Waals surface area contributed by atoms with Crippen LogP contribution in [-0.4, -0.2) is 0 Å². The average Bonchev–Trinajstić information content (AvgIpc) is 2.81. The van der Waals surface area contributed by atoms with Crippen LogP contribution in [0.4, 0.5) is 0 Å². The van der Waals surface area contributed by atoms with E-state index >= 15 is 0 Å². The van der Waals surface area contributed by atoms with E-state index in [4.69, 9.17) is 5.73 Å². The first-order chi connectivity index (χ1) is 7.68. The van der Waals surface area contributed by atoms with Crippen molar-refractivity contribution in [2.24, 2.45) is 11.7 Å². The van der Waals surface area contributed by atoms with Crippen molar-refractivity contribution in [3.8, 4) is 0 Å². The summed E-state index contributed by atoms with van der Waals surface area (Å²) in [5.74, 6) is 1.32. The average molecular weight is 217 g/mol. The summed E-state index contributed by atoms with van der Waals surface area (Å²) in [7, 11) is 0. The number of nitrogens with two attached hydrogens (primary N) is 1. The van der Waals surface area contributed by atoms with E-state index in [1.54, 1.807) is 0 Å². The maximum atomic E-state index is 6.33. The molecule has 2 rings (SSSR count). The van der Waals surface area contributed by atoms with Crippen LogP contribution in [0, 0.1) is 5.92 Å². The normalized spacial score (nSPS) is 19.2. The third-order valence-corrected chi connectivity index (χ3v) is 3.90. The van der Waals surface area contributed by atoms with Crippen molar-refractivity contribution in [3.63, 3.8) is 0 Å². The molecule has 0 heterocycles. The molecule has 1 atom stereocenters. The summed E-state index contributed by atoms with van der Waals surface area (Å²) in [5.41, 5.74) is 9.05. The van der Waals surface area contributed by atoms with Crippen molar-refractivity contribution >= 4 is 0 Å². The second-order valence-electron chi connectivity index (χ2n) is 5.39. The summed E-state index contributed by atoms with van der Waals surface area (Å²) < 4.78 is 0. The van der Waals surface area contributed by atoms with Gasteiger partial charge in [-0.25, -0.2) is 0 Å². The lowest BCUT2D eigenvalue weighted by atomic mass is 9.91. The highest BCUT2D eigenvalue weighted by atomic mass is 14.7. The molecular formula is C15H23N. The van der Waals surface area contributed by atoms with Gasteiger partial charge in [0.25, 0.3) is 0 Å². The Morgan fingerprint density at radius 3 is 2.00 bits per heavy atom. The van der Waals surface area contributed by atoms with E-state index in [1.807, 2.05) is 0 Å². The van der Waals surface area contributed by atoms with Crippen LogP contribution >= 0.6 is 0 Å². The Labute approximate surface area is 99.0 Å². The van der Waals surface area contributed by atoms with Crippen molar-refractivity contribution in [2.75, 3.05) is 0 Å². The zero-order chi connectivity index (χ0) is 11.5. The molecule has 1 aliphatic carbocycles. The predicted octanol–water partition coefficient (Wildman–Crippen LogP) is 4.00. The van der Waals surface area contributed by atoms with E-state index in [-0.39, 0.29) is 6.04 Å². The Kier molecular flexibility index (Phi) is 3.65. The molecule has 0 spiro atoms. The summed E-state index contributed by atoms with van der Waals surface area (Å²) in [6.45, 7) is 4.46. The summed E-state index contributed by atoms with van der Waals surface area (Å²) in [5, 5.41) is 0. The molecule has 1 aliphatic rings. The molecule has 0 aromatic heterocycles. The van der Waals surface area contributed by atoms with Gasteiger partial charge in [0, 0.05) is 6.04 Å². The van der Waals surface area contributed by atoms with Gasteiger partial charge >= 0.3 is 0 Å². The number of hydrogen-bond acceptors (Lipinski definition) is 1. The quantitative estimate of drug-likeness (QED) is 0.813. The highest BCUT2D eigenvalue weighted by molar-refractivity contribution is 5.27. The van der Waals surface area contributed by atoms with Gasteiger partial charge in [-0.05, 0) is 35.8 Å². The van der Waals surface area contributed by atoms with Crippen molar-refractivity contribution in [1.82, 2.24) is 0 Å². The Morgan fingerprint density at radius 1 is 1.00 bits per heavy atom. The van der Waals surface area contributed by atoms with Crippen LogP contribution in [0.5, 0.6) is 0 Å². The Morgan fingerprint density at radius 2 is 1.50 bits per heavy atom. The Bertz CT molecular complexity index is 320. The van der Waals surface area contributed by atoms with E-state index in [2.05, 4.69) is 38.1 Å². The largest absolute Gasteiger partial charge is 0.324 e. The Hall–Kier alpha value is -0.820. The van der Waals surface area contributed by atoms with Gasteiger partial charge in [0.1, 0.15) is 0 Å². The molecule has 0 amide bonds. The van der Waals surface area contributed by atoms with Crippen LogP contribution in [0.2, 0.25) is 0 Å². The third kappa shape index (κ3) is 2.46. The van der Waals surface area contributed by atoms with Crippen molar-refractivity contribution in [2.45, 2.75) is 51.5 Å². The zero-order valence-electron chi connectivity index (χ0n) is 10.4. The van der Waals surface area contributed by atoms with Crippen molar-refractivity contribution in [3.05, 3.63) is 35.4 Å². The fourth-order valence-electron chi connectivity index (χ4n) is 2.69. The molecule has 1 fully saturated rings. The third-order valence-electron chi connectivity index (χ3n) is 3.90. The topological polar surface area (TPSA) is 26.0 Å². The smallest absolute Gasteiger partial charge is 0.0323 e. The number of hydrogen-bond donors (Lipinski definition) is 1. The van der Waals surface area contributed by atoms with Crippen LogP contribution in [0.25, 0.3) is 0 Å². The molecule has 1 nitrogen and oxygen atoms in total. The second kappa shape index (κ2) is 5.01. The number of benzene rings is 1. The zero-order valence-corrected chi connectivity index (χ0v) is 10.4. The highest BCUT2D eigenvalue weighted by Gasteiger charge is 2.22. The van der Waals surface area contributed by atoms with E-state index in [1.165, 1.54) is 36.8 Å². The summed E-state index contributed by atoms with van der Waals surface area (Å²) in [6, 6.07) is 9.16. The first-order valence-electron chi connectivity index (χ1n) is 6.54. The van der Waals surface area contributed by atoms with Gasteiger partial charge < -0.3 is 5.73 Å². The molecule has 0 saturated heterocycles. The molecule has 1 aromatic rings. The first kappa shape index (κ1) is 11.7. The molecule has 0 aliphatic heterocycles. The van der Waals surface area contributed by atoms with Gasteiger partial charge in [0.05, 0.1) is 0 Å². The SMILES string of the molecule is CC(C)c1ccc(C(N)C2CCCC2)cc1. The van der Waals surface area contributed by atoms with Crippen LogP contribution in [-0.2, 0) is 0 Å². The first-order valence-corrected chi connectivity index (χ1v) is 6.54. The van der Waals surface area contributed by atoms with Gasteiger partial charge in [-0.2, -0.15) is 0 Å². The second-order valence-corrected chi connectivity index (χ2v) is 5.39. The number of rotatable bonds is 3. The van der Waals surface area contributed by atoms with E-state index < -0.39 is 0 Å². The monoisotopic (exact) mass is 217 g/mol. The molecule has 0 radical (unpaired) electrons. The predicted molar refractivity (Wildman–Crippen MR) is 69.4 cm³/mol. The van der Waals surface area contributed by atoms with Crippen LogP contribution in [0.3, 0.4) is 0 Å². The fraction of sp³-hybridized carbons (Fsp3) is 0.600. The van der Waals surface area contributed by atoms with Crippen LogP contribution in [0.15, 0.2) is 24.3 Å². The van der Waals surface area contributed by atoms with Crippen LogP contribution < -0.4 is 5.73 Å². The van der Waals surface area contributed by atoms with E-state index in [0.29, 0.717) is 11.8 Å². The summed E-state index contributed by atoms with van der Waals surface area (Å²) in [6.07, 6.45) is 5.35. The maximum Gasteiger partial charge on any atom is 0.0323 e. The lowest BCUT2D eigenvalue weighted by Gasteiger charge is -2.19. The summed E-state index contributed by atoms with van der Waals surface area (Å²) in [4.78, 5) is 0. The molecule has 1 aromatic carbocycles. The van der Waals surface area contributed by atoms with Crippen molar-refractivity contribution in [1.29, 1.82) is 0 Å². The molecular weight excluding hydrogens is 194 g/mol. The molecule has 1 heteroatoms. The Balaban J connectivity index is 2.08. The fourth-order valence-corrected chi connectivity index (χ4v) is 2.69. The highest BCUT2D eigenvalue weighted by Crippen LogP contribution is 2.34. The molecule has 1 unspecified atom stereocenters. The van der Waals surface area contributed by atoms with Gasteiger partial charge in [-0.3, -0.25) is 0 Å². The van der Waals surface area contributed by atoms with E-state index in [9.17, 15) is 0 Å². The van der Waals surface area contributed by atoms with E-state index in [0.717, 1.165) is 0 Å². The summed E-state index contributed by atoms with van der Waals surface area (Å²) >= 11 is 0. The van der Waals surface area contributed by atoms with Gasteiger partial charge in [-0.15, -0.1) is 0 Å². The molecule has 88 valence electrons.